The normalized spacial score (nSPS) is 16.3. The molecule has 2 heterocycles. The molecule has 1 amide bonds. The molecule has 8 heteroatoms. The lowest BCUT2D eigenvalue weighted by Crippen LogP contribution is -2.38. The highest BCUT2D eigenvalue weighted by Gasteiger charge is 2.30. The van der Waals surface area contributed by atoms with Crippen molar-refractivity contribution in [1.82, 2.24) is 10.1 Å². The van der Waals surface area contributed by atoms with Crippen molar-refractivity contribution in [2.45, 2.75) is 38.9 Å². The van der Waals surface area contributed by atoms with Crippen LogP contribution in [-0.2, 0) is 20.9 Å². The number of nitrogens with zero attached hydrogens (tertiary/aromatic N) is 2. The maximum Gasteiger partial charge on any atom is 0.310 e. The molecule has 0 saturated carbocycles. The highest BCUT2D eigenvalue weighted by atomic mass is 16.6. The SMILES string of the molecule is CC(C)c1noc(COC(=O)C[C@@H]2Oc3ccccc3NC2=O)n1. The zero-order valence-corrected chi connectivity index (χ0v) is 13.3. The molecule has 1 aromatic carbocycles. The molecule has 8 nitrogen and oxygen atoms in total. The second-order valence-corrected chi connectivity index (χ2v) is 5.66. The van der Waals surface area contributed by atoms with E-state index in [0.29, 0.717) is 17.3 Å². The molecule has 0 aliphatic carbocycles. The third-order valence-corrected chi connectivity index (χ3v) is 3.42. The van der Waals surface area contributed by atoms with Crippen molar-refractivity contribution in [2.24, 2.45) is 0 Å². The Balaban J connectivity index is 1.54. The van der Waals surface area contributed by atoms with Crippen LogP contribution < -0.4 is 10.1 Å². The highest BCUT2D eigenvalue weighted by molar-refractivity contribution is 5.99. The van der Waals surface area contributed by atoms with Gasteiger partial charge in [0.25, 0.3) is 11.8 Å². The fourth-order valence-electron chi connectivity index (χ4n) is 2.14. The average Bonchev–Trinajstić information content (AvgIpc) is 3.03. The van der Waals surface area contributed by atoms with E-state index >= 15 is 0 Å². The van der Waals surface area contributed by atoms with Crippen molar-refractivity contribution in [2.75, 3.05) is 5.32 Å². The van der Waals surface area contributed by atoms with Crippen LogP contribution in [0.2, 0.25) is 0 Å². The number of hydrogen-bond donors (Lipinski definition) is 1. The van der Waals surface area contributed by atoms with Crippen molar-refractivity contribution < 1.29 is 23.6 Å². The third kappa shape index (κ3) is 3.53. The zero-order valence-electron chi connectivity index (χ0n) is 13.3. The summed E-state index contributed by atoms with van der Waals surface area (Å²) < 4.78 is 15.6. The molecule has 1 N–H and O–H groups in total. The van der Waals surface area contributed by atoms with E-state index in [0.717, 1.165) is 0 Å². The summed E-state index contributed by atoms with van der Waals surface area (Å²) in [4.78, 5) is 28.0. The highest BCUT2D eigenvalue weighted by Crippen LogP contribution is 2.29. The van der Waals surface area contributed by atoms with Crippen LogP contribution in [0.3, 0.4) is 0 Å². The van der Waals surface area contributed by atoms with Gasteiger partial charge in [-0.2, -0.15) is 4.98 Å². The average molecular weight is 331 g/mol. The van der Waals surface area contributed by atoms with Gasteiger partial charge in [0.2, 0.25) is 0 Å². The van der Waals surface area contributed by atoms with Crippen LogP contribution in [0.25, 0.3) is 0 Å². The van der Waals surface area contributed by atoms with Crippen LogP contribution in [-0.4, -0.2) is 28.1 Å². The molecule has 1 atom stereocenters. The van der Waals surface area contributed by atoms with Gasteiger partial charge in [0, 0.05) is 5.92 Å². The van der Waals surface area contributed by atoms with E-state index in [1.807, 2.05) is 13.8 Å². The second kappa shape index (κ2) is 6.69. The lowest BCUT2D eigenvalue weighted by Gasteiger charge is -2.24. The Hall–Kier alpha value is -2.90. The number of benzene rings is 1. The van der Waals surface area contributed by atoms with E-state index in [1.165, 1.54) is 0 Å². The molecule has 0 bridgehead atoms. The predicted molar refractivity (Wildman–Crippen MR) is 82.3 cm³/mol. The Labute approximate surface area is 138 Å². The summed E-state index contributed by atoms with van der Waals surface area (Å²) in [6.07, 6.45) is -1.13. The molecule has 1 aliphatic heterocycles. The third-order valence-electron chi connectivity index (χ3n) is 3.42. The van der Waals surface area contributed by atoms with Crippen molar-refractivity contribution >= 4 is 17.6 Å². The number of fused-ring (bicyclic) bond motifs is 1. The summed E-state index contributed by atoms with van der Waals surface area (Å²) in [6.45, 7) is 3.72. The zero-order chi connectivity index (χ0) is 17.1. The lowest BCUT2D eigenvalue weighted by atomic mass is 10.1. The van der Waals surface area contributed by atoms with Crippen LogP contribution in [0.15, 0.2) is 28.8 Å². The van der Waals surface area contributed by atoms with Crippen LogP contribution in [0.1, 0.15) is 37.9 Å². The summed E-state index contributed by atoms with van der Waals surface area (Å²) in [7, 11) is 0. The number of carbonyl (C=O) groups is 2. The first kappa shape index (κ1) is 16.0. The van der Waals surface area contributed by atoms with Crippen LogP contribution in [0.4, 0.5) is 5.69 Å². The first-order valence-corrected chi connectivity index (χ1v) is 7.57. The van der Waals surface area contributed by atoms with Crippen LogP contribution >= 0.6 is 0 Å². The molecular weight excluding hydrogens is 314 g/mol. The smallest absolute Gasteiger partial charge is 0.310 e. The number of amides is 1. The molecule has 0 radical (unpaired) electrons. The predicted octanol–water partition coefficient (Wildman–Crippen LogP) is 2.03. The fourth-order valence-corrected chi connectivity index (χ4v) is 2.14. The van der Waals surface area contributed by atoms with Crippen LogP contribution in [0.5, 0.6) is 5.75 Å². The Morgan fingerprint density at radius 3 is 2.92 bits per heavy atom. The topological polar surface area (TPSA) is 104 Å². The molecule has 1 aromatic heterocycles. The van der Waals surface area contributed by atoms with E-state index < -0.39 is 12.1 Å². The van der Waals surface area contributed by atoms with E-state index in [9.17, 15) is 9.59 Å². The minimum atomic E-state index is -0.929. The number of ether oxygens (including phenoxy) is 2. The molecule has 2 aromatic rings. The van der Waals surface area contributed by atoms with Gasteiger partial charge in [-0.3, -0.25) is 9.59 Å². The van der Waals surface area contributed by atoms with E-state index in [1.54, 1.807) is 24.3 Å². The summed E-state index contributed by atoms with van der Waals surface area (Å²) >= 11 is 0. The van der Waals surface area contributed by atoms with Crippen molar-refractivity contribution in [1.29, 1.82) is 0 Å². The van der Waals surface area contributed by atoms with Crippen molar-refractivity contribution in [3.05, 3.63) is 36.0 Å². The van der Waals surface area contributed by atoms with E-state index in [4.69, 9.17) is 14.0 Å². The van der Waals surface area contributed by atoms with Gasteiger partial charge in [-0.25, -0.2) is 0 Å². The number of hydrogen-bond acceptors (Lipinski definition) is 7. The minimum Gasteiger partial charge on any atom is -0.478 e. The van der Waals surface area contributed by atoms with E-state index in [-0.39, 0.29) is 30.7 Å². The summed E-state index contributed by atoms with van der Waals surface area (Å²) in [6, 6.07) is 7.02. The van der Waals surface area contributed by atoms with Crippen LogP contribution in [0, 0.1) is 0 Å². The van der Waals surface area contributed by atoms with Gasteiger partial charge in [-0.1, -0.05) is 31.1 Å². The number of aromatic nitrogens is 2. The first-order valence-electron chi connectivity index (χ1n) is 7.57. The molecule has 24 heavy (non-hydrogen) atoms. The molecule has 3 rings (SSSR count). The second-order valence-electron chi connectivity index (χ2n) is 5.66. The van der Waals surface area contributed by atoms with Gasteiger partial charge in [0.1, 0.15) is 5.75 Å². The number of anilines is 1. The molecule has 0 fully saturated rings. The van der Waals surface area contributed by atoms with Gasteiger partial charge < -0.3 is 19.3 Å². The van der Waals surface area contributed by atoms with Crippen molar-refractivity contribution in [3.8, 4) is 5.75 Å². The number of rotatable bonds is 5. The quantitative estimate of drug-likeness (QED) is 0.836. The maximum absolute atomic E-state index is 12.0. The molecule has 0 saturated heterocycles. The number of esters is 1. The van der Waals surface area contributed by atoms with Gasteiger partial charge in [-0.05, 0) is 12.1 Å². The molecular formula is C16H17N3O5. The number of para-hydroxylation sites is 2. The first-order chi connectivity index (χ1) is 11.5. The van der Waals surface area contributed by atoms with Gasteiger partial charge in [0.15, 0.2) is 18.5 Å². The Morgan fingerprint density at radius 1 is 1.38 bits per heavy atom. The molecule has 0 spiro atoms. The van der Waals surface area contributed by atoms with Gasteiger partial charge in [0.05, 0.1) is 12.1 Å². The lowest BCUT2D eigenvalue weighted by molar-refractivity contribution is -0.149. The summed E-state index contributed by atoms with van der Waals surface area (Å²) in [5.74, 6) is 0.439. The Bertz CT molecular complexity index is 756. The number of carbonyl (C=O) groups excluding carboxylic acids is 2. The largest absolute Gasteiger partial charge is 0.478 e. The summed E-state index contributed by atoms with van der Waals surface area (Å²) in [5, 5.41) is 6.47. The Morgan fingerprint density at radius 2 is 2.17 bits per heavy atom. The molecule has 0 unspecified atom stereocenters. The Kier molecular flexibility index (Phi) is 4.45. The maximum atomic E-state index is 12.0. The minimum absolute atomic E-state index is 0.123. The standard InChI is InChI=1S/C16H17N3O5/c1-9(2)15-18-13(24-19-15)8-22-14(20)7-12-16(21)17-10-5-3-4-6-11(10)23-12/h3-6,9,12H,7-8H2,1-2H3,(H,17,21)/t12-/m0/s1. The molecule has 1 aliphatic rings. The fraction of sp³-hybridized carbons (Fsp3) is 0.375. The number of nitrogens with one attached hydrogen (secondary N) is 1. The summed E-state index contributed by atoms with van der Waals surface area (Å²) in [5.41, 5.74) is 0.583. The van der Waals surface area contributed by atoms with E-state index in [2.05, 4.69) is 15.5 Å². The van der Waals surface area contributed by atoms with Crippen molar-refractivity contribution in [3.63, 3.8) is 0 Å². The van der Waals surface area contributed by atoms with Gasteiger partial charge in [-0.15, -0.1) is 0 Å². The molecule has 126 valence electrons. The van der Waals surface area contributed by atoms with Gasteiger partial charge >= 0.3 is 5.97 Å². The monoisotopic (exact) mass is 331 g/mol.